The van der Waals surface area contributed by atoms with E-state index < -0.39 is 0 Å². The summed E-state index contributed by atoms with van der Waals surface area (Å²) in [5.41, 5.74) is 14.4. The predicted octanol–water partition coefficient (Wildman–Crippen LogP) is 15.6. The second-order valence-electron chi connectivity index (χ2n) is 15.2. The van der Waals surface area contributed by atoms with Gasteiger partial charge < -0.3 is 0 Å². The van der Waals surface area contributed by atoms with Gasteiger partial charge in [0, 0.05) is 36.9 Å². The van der Waals surface area contributed by atoms with E-state index in [1.165, 1.54) is 48.0 Å². The minimum absolute atomic E-state index is 0.625. The van der Waals surface area contributed by atoms with Gasteiger partial charge in [0.05, 0.1) is 0 Å². The Hall–Kier alpha value is -7.79. The molecule has 286 valence electrons. The van der Waals surface area contributed by atoms with Crippen LogP contribution in [0.2, 0.25) is 0 Å². The first kappa shape index (κ1) is 36.3. The van der Waals surface area contributed by atoms with Gasteiger partial charge in [0.15, 0.2) is 17.5 Å². The highest BCUT2D eigenvalue weighted by Crippen LogP contribution is 2.42. The molecule has 0 saturated heterocycles. The molecule has 0 spiro atoms. The standard InChI is InChI=1S/C57H37N3S/c1-5-14-38(15-6-1)42-24-28-44(29-25-42)50-22-13-23-52-54(50)51-33-32-46(37-53(51)61-52)56-58-55(45-30-26-43(27-31-45)39-16-7-2-8-17-39)59-57(60-56)49-35-47(40-18-9-3-10-19-40)34-48(36-49)41-20-11-4-12-21-41/h1-37H. The molecule has 61 heavy (non-hydrogen) atoms. The summed E-state index contributed by atoms with van der Waals surface area (Å²) < 4.78 is 2.44. The maximum absolute atomic E-state index is 5.28. The van der Waals surface area contributed by atoms with E-state index in [4.69, 9.17) is 15.0 Å². The van der Waals surface area contributed by atoms with Gasteiger partial charge in [0.1, 0.15) is 0 Å². The lowest BCUT2D eigenvalue weighted by Gasteiger charge is -2.13. The third kappa shape index (κ3) is 7.20. The van der Waals surface area contributed by atoms with Crippen LogP contribution in [0.4, 0.5) is 0 Å². The number of rotatable bonds is 8. The van der Waals surface area contributed by atoms with E-state index in [1.54, 1.807) is 0 Å². The van der Waals surface area contributed by atoms with Gasteiger partial charge in [-0.25, -0.2) is 15.0 Å². The maximum Gasteiger partial charge on any atom is 0.164 e. The Balaban J connectivity index is 1.05. The highest BCUT2D eigenvalue weighted by Gasteiger charge is 2.18. The van der Waals surface area contributed by atoms with Crippen LogP contribution in [0.25, 0.3) is 110 Å². The number of aromatic nitrogens is 3. The van der Waals surface area contributed by atoms with E-state index in [1.807, 2.05) is 17.4 Å². The Morgan fingerprint density at radius 3 is 1.16 bits per heavy atom. The van der Waals surface area contributed by atoms with Crippen molar-refractivity contribution >= 4 is 31.5 Å². The molecule has 2 heterocycles. The molecule has 4 heteroatoms. The van der Waals surface area contributed by atoms with E-state index in [0.29, 0.717) is 17.5 Å². The summed E-state index contributed by atoms with van der Waals surface area (Å²) in [6.45, 7) is 0. The van der Waals surface area contributed by atoms with Crippen LogP contribution in [-0.4, -0.2) is 15.0 Å². The maximum atomic E-state index is 5.28. The first-order valence-corrected chi connectivity index (χ1v) is 21.3. The molecule has 0 aliphatic carbocycles. The van der Waals surface area contributed by atoms with Gasteiger partial charge in [-0.3, -0.25) is 0 Å². The largest absolute Gasteiger partial charge is 0.208 e. The van der Waals surface area contributed by atoms with Crippen LogP contribution in [-0.2, 0) is 0 Å². The normalized spacial score (nSPS) is 11.3. The van der Waals surface area contributed by atoms with Gasteiger partial charge in [-0.05, 0) is 86.0 Å². The molecule has 0 bridgehead atoms. The van der Waals surface area contributed by atoms with Crippen LogP contribution < -0.4 is 0 Å². The molecule has 2 aromatic heterocycles. The average molecular weight is 796 g/mol. The summed E-state index contributed by atoms with van der Waals surface area (Å²) in [6, 6.07) is 79.4. The van der Waals surface area contributed by atoms with Crippen molar-refractivity contribution in [1.82, 2.24) is 15.0 Å². The number of nitrogens with zero attached hydrogens (tertiary/aromatic N) is 3. The van der Waals surface area contributed by atoms with Gasteiger partial charge in [-0.1, -0.05) is 194 Å². The zero-order valence-corrected chi connectivity index (χ0v) is 33.9. The lowest BCUT2D eigenvalue weighted by atomic mass is 9.95. The molecule has 0 radical (unpaired) electrons. The Morgan fingerprint density at radius 1 is 0.246 bits per heavy atom. The van der Waals surface area contributed by atoms with Gasteiger partial charge >= 0.3 is 0 Å². The van der Waals surface area contributed by atoms with E-state index in [-0.39, 0.29) is 0 Å². The predicted molar refractivity (Wildman–Crippen MR) is 256 cm³/mol. The molecular weight excluding hydrogens is 759 g/mol. The molecular formula is C57H37N3S. The van der Waals surface area contributed by atoms with Crippen molar-refractivity contribution < 1.29 is 0 Å². The lowest BCUT2D eigenvalue weighted by molar-refractivity contribution is 1.07. The Labute approximate surface area is 359 Å². The number of hydrogen-bond acceptors (Lipinski definition) is 4. The molecule has 3 nitrogen and oxygen atoms in total. The molecule has 0 atom stereocenters. The topological polar surface area (TPSA) is 38.7 Å². The van der Waals surface area contributed by atoms with Crippen LogP contribution in [0, 0.1) is 0 Å². The SMILES string of the molecule is c1ccc(-c2ccc(-c3nc(-c4cc(-c5ccccc5)cc(-c5ccccc5)c4)nc(-c4ccc5c(c4)sc4cccc(-c6ccc(-c7ccccc7)cc6)c45)n3)cc2)cc1. The van der Waals surface area contributed by atoms with Crippen molar-refractivity contribution in [3.63, 3.8) is 0 Å². The third-order valence-electron chi connectivity index (χ3n) is 11.3. The Morgan fingerprint density at radius 2 is 0.639 bits per heavy atom. The van der Waals surface area contributed by atoms with E-state index in [9.17, 15) is 0 Å². The third-order valence-corrected chi connectivity index (χ3v) is 12.5. The van der Waals surface area contributed by atoms with Crippen molar-refractivity contribution in [1.29, 1.82) is 0 Å². The molecule has 11 rings (SSSR count). The molecule has 0 saturated carbocycles. The second kappa shape index (κ2) is 15.8. The van der Waals surface area contributed by atoms with E-state index in [2.05, 4.69) is 218 Å². The average Bonchev–Trinajstić information content (AvgIpc) is 3.73. The van der Waals surface area contributed by atoms with Crippen molar-refractivity contribution in [3.8, 4) is 89.8 Å². The Bertz CT molecular complexity index is 3250. The van der Waals surface area contributed by atoms with Gasteiger partial charge in [0.2, 0.25) is 0 Å². The minimum atomic E-state index is 0.625. The Kier molecular flexibility index (Phi) is 9.38. The molecule has 11 aromatic rings. The smallest absolute Gasteiger partial charge is 0.164 e. The molecule has 0 aliphatic heterocycles. The van der Waals surface area contributed by atoms with E-state index in [0.717, 1.165) is 44.5 Å². The summed E-state index contributed by atoms with van der Waals surface area (Å²) in [5, 5.41) is 2.49. The summed E-state index contributed by atoms with van der Waals surface area (Å²) in [7, 11) is 0. The molecule has 0 aliphatic rings. The zero-order chi connectivity index (χ0) is 40.5. The first-order chi connectivity index (χ1) is 30.2. The fraction of sp³-hybridized carbons (Fsp3) is 0. The van der Waals surface area contributed by atoms with Crippen molar-refractivity contribution in [3.05, 3.63) is 224 Å². The van der Waals surface area contributed by atoms with Crippen molar-refractivity contribution in [2.45, 2.75) is 0 Å². The summed E-state index contributed by atoms with van der Waals surface area (Å²) in [6.07, 6.45) is 0. The lowest BCUT2D eigenvalue weighted by Crippen LogP contribution is -2.00. The van der Waals surface area contributed by atoms with Gasteiger partial charge in [-0.2, -0.15) is 0 Å². The molecule has 0 unspecified atom stereocenters. The number of fused-ring (bicyclic) bond motifs is 3. The second-order valence-corrected chi connectivity index (χ2v) is 16.3. The monoisotopic (exact) mass is 795 g/mol. The zero-order valence-electron chi connectivity index (χ0n) is 33.1. The number of hydrogen-bond donors (Lipinski definition) is 0. The fourth-order valence-corrected chi connectivity index (χ4v) is 9.41. The number of thiophene rings is 1. The van der Waals surface area contributed by atoms with Crippen LogP contribution in [0.5, 0.6) is 0 Å². The minimum Gasteiger partial charge on any atom is -0.208 e. The highest BCUT2D eigenvalue weighted by atomic mass is 32.1. The highest BCUT2D eigenvalue weighted by molar-refractivity contribution is 7.26. The summed E-state index contributed by atoms with van der Waals surface area (Å²) in [4.78, 5) is 15.7. The summed E-state index contributed by atoms with van der Waals surface area (Å²) >= 11 is 1.81. The van der Waals surface area contributed by atoms with Gasteiger partial charge in [0.25, 0.3) is 0 Å². The van der Waals surface area contributed by atoms with Crippen LogP contribution >= 0.6 is 11.3 Å². The number of benzene rings is 9. The van der Waals surface area contributed by atoms with Crippen LogP contribution in [0.1, 0.15) is 0 Å². The van der Waals surface area contributed by atoms with Crippen LogP contribution in [0.3, 0.4) is 0 Å². The van der Waals surface area contributed by atoms with E-state index >= 15 is 0 Å². The fourth-order valence-electron chi connectivity index (χ4n) is 8.24. The quantitative estimate of drug-likeness (QED) is 0.154. The van der Waals surface area contributed by atoms with Crippen molar-refractivity contribution in [2.75, 3.05) is 0 Å². The van der Waals surface area contributed by atoms with Crippen molar-refractivity contribution in [2.24, 2.45) is 0 Å². The molecule has 0 N–H and O–H groups in total. The molecule has 9 aromatic carbocycles. The van der Waals surface area contributed by atoms with Crippen LogP contribution in [0.15, 0.2) is 224 Å². The summed E-state index contributed by atoms with van der Waals surface area (Å²) in [5.74, 6) is 1.89. The van der Waals surface area contributed by atoms with Gasteiger partial charge in [-0.15, -0.1) is 11.3 Å². The first-order valence-electron chi connectivity index (χ1n) is 20.5. The molecule has 0 fully saturated rings. The molecule has 0 amide bonds.